The van der Waals surface area contributed by atoms with Gasteiger partial charge in [0.2, 0.25) is 5.91 Å². The molecule has 1 saturated carbocycles. The van der Waals surface area contributed by atoms with Crippen molar-refractivity contribution < 1.29 is 4.79 Å². The fourth-order valence-corrected chi connectivity index (χ4v) is 2.49. The molecule has 5 nitrogen and oxygen atoms in total. The third-order valence-corrected chi connectivity index (χ3v) is 3.70. The Morgan fingerprint density at radius 1 is 1.29 bits per heavy atom. The van der Waals surface area contributed by atoms with Gasteiger partial charge in [0.05, 0.1) is 17.9 Å². The second-order valence-electron chi connectivity index (χ2n) is 5.08. The van der Waals surface area contributed by atoms with E-state index in [2.05, 4.69) is 5.10 Å². The number of amides is 1. The normalized spacial score (nSPS) is 21.8. The molecule has 0 spiro atoms. The Morgan fingerprint density at radius 2 is 2.00 bits per heavy atom. The standard InChI is InChI=1S/C12H18N4O/c13-10-7-14-16(8-10)11-3-5-15(6-4-11)12(17)9-1-2-9/h7-9,11H,1-6,13H2. The molecular weight excluding hydrogens is 216 g/mol. The first-order chi connectivity index (χ1) is 8.24. The lowest BCUT2D eigenvalue weighted by Crippen LogP contribution is -2.39. The maximum absolute atomic E-state index is 11.9. The van der Waals surface area contributed by atoms with Crippen LogP contribution in [0.5, 0.6) is 0 Å². The average Bonchev–Trinajstić information content (AvgIpc) is 3.11. The summed E-state index contributed by atoms with van der Waals surface area (Å²) in [5, 5.41) is 4.25. The Bertz CT molecular complexity index is 416. The summed E-state index contributed by atoms with van der Waals surface area (Å²) in [7, 11) is 0. The quantitative estimate of drug-likeness (QED) is 0.831. The van der Waals surface area contributed by atoms with Crippen molar-refractivity contribution in [1.29, 1.82) is 0 Å². The Balaban J connectivity index is 1.58. The van der Waals surface area contributed by atoms with Crippen LogP contribution in [0.4, 0.5) is 5.69 Å². The molecular formula is C12H18N4O. The fourth-order valence-electron chi connectivity index (χ4n) is 2.49. The van der Waals surface area contributed by atoms with E-state index in [-0.39, 0.29) is 0 Å². The number of carbonyl (C=O) groups is 1. The lowest BCUT2D eigenvalue weighted by Gasteiger charge is -2.32. The van der Waals surface area contributed by atoms with E-state index >= 15 is 0 Å². The highest BCUT2D eigenvalue weighted by atomic mass is 16.2. The molecule has 92 valence electrons. The Labute approximate surface area is 101 Å². The molecule has 2 heterocycles. The largest absolute Gasteiger partial charge is 0.396 e. The molecule has 17 heavy (non-hydrogen) atoms. The topological polar surface area (TPSA) is 64.2 Å². The van der Waals surface area contributed by atoms with Crippen LogP contribution in [0.25, 0.3) is 0 Å². The number of nitrogen functional groups attached to an aromatic ring is 1. The zero-order chi connectivity index (χ0) is 11.8. The summed E-state index contributed by atoms with van der Waals surface area (Å²) in [6.07, 6.45) is 7.72. The Kier molecular flexibility index (Phi) is 2.53. The van der Waals surface area contributed by atoms with Gasteiger partial charge in [0, 0.05) is 25.2 Å². The molecule has 3 rings (SSSR count). The zero-order valence-electron chi connectivity index (χ0n) is 9.88. The number of hydrogen-bond donors (Lipinski definition) is 1. The molecule has 0 radical (unpaired) electrons. The van der Waals surface area contributed by atoms with Crippen molar-refractivity contribution in [3.8, 4) is 0 Å². The number of rotatable bonds is 2. The van der Waals surface area contributed by atoms with Crippen LogP contribution >= 0.6 is 0 Å². The van der Waals surface area contributed by atoms with Gasteiger partial charge >= 0.3 is 0 Å². The molecule has 2 aliphatic rings. The van der Waals surface area contributed by atoms with Crippen LogP contribution < -0.4 is 5.73 Å². The van der Waals surface area contributed by atoms with Gasteiger partial charge in [-0.2, -0.15) is 5.10 Å². The summed E-state index contributed by atoms with van der Waals surface area (Å²) in [6, 6.07) is 0.399. The first-order valence-electron chi connectivity index (χ1n) is 6.32. The number of carbonyl (C=O) groups excluding carboxylic acids is 1. The second kappa shape index (κ2) is 4.05. The Hall–Kier alpha value is -1.52. The Morgan fingerprint density at radius 3 is 2.53 bits per heavy atom. The van der Waals surface area contributed by atoms with Crippen molar-refractivity contribution >= 4 is 11.6 Å². The van der Waals surface area contributed by atoms with Crippen LogP contribution in [0.1, 0.15) is 31.7 Å². The average molecular weight is 234 g/mol. The number of hydrogen-bond acceptors (Lipinski definition) is 3. The van der Waals surface area contributed by atoms with Crippen molar-refractivity contribution in [1.82, 2.24) is 14.7 Å². The highest BCUT2D eigenvalue weighted by Crippen LogP contribution is 2.33. The first kappa shape index (κ1) is 10.6. The molecule has 0 aromatic carbocycles. The number of aromatic nitrogens is 2. The van der Waals surface area contributed by atoms with E-state index in [1.54, 1.807) is 6.20 Å². The van der Waals surface area contributed by atoms with Crippen molar-refractivity contribution in [3.05, 3.63) is 12.4 Å². The van der Waals surface area contributed by atoms with Crippen LogP contribution in [0.15, 0.2) is 12.4 Å². The smallest absolute Gasteiger partial charge is 0.225 e. The molecule has 2 N–H and O–H groups in total. The number of nitrogens with two attached hydrogens (primary N) is 1. The molecule has 1 aromatic rings. The number of nitrogens with zero attached hydrogens (tertiary/aromatic N) is 3. The molecule has 0 unspecified atom stereocenters. The van der Waals surface area contributed by atoms with Gasteiger partial charge in [-0.05, 0) is 25.7 Å². The molecule has 1 aliphatic heterocycles. The van der Waals surface area contributed by atoms with Crippen LogP contribution in [0.3, 0.4) is 0 Å². The maximum atomic E-state index is 11.9. The van der Waals surface area contributed by atoms with E-state index in [1.165, 1.54) is 0 Å². The summed E-state index contributed by atoms with van der Waals surface area (Å²) < 4.78 is 1.94. The third kappa shape index (κ3) is 2.14. The lowest BCUT2D eigenvalue weighted by molar-refractivity contribution is -0.133. The molecule has 1 amide bonds. The summed E-state index contributed by atoms with van der Waals surface area (Å²) in [6.45, 7) is 1.72. The fraction of sp³-hybridized carbons (Fsp3) is 0.667. The van der Waals surface area contributed by atoms with Crippen LogP contribution in [0.2, 0.25) is 0 Å². The maximum Gasteiger partial charge on any atom is 0.225 e. The second-order valence-corrected chi connectivity index (χ2v) is 5.08. The van der Waals surface area contributed by atoms with Crippen molar-refractivity contribution in [2.75, 3.05) is 18.8 Å². The number of anilines is 1. The van der Waals surface area contributed by atoms with Crippen molar-refractivity contribution in [2.24, 2.45) is 5.92 Å². The molecule has 0 bridgehead atoms. The van der Waals surface area contributed by atoms with Gasteiger partial charge in [-0.3, -0.25) is 9.48 Å². The molecule has 0 atom stereocenters. The summed E-state index contributed by atoms with van der Waals surface area (Å²) in [4.78, 5) is 13.9. The first-order valence-corrected chi connectivity index (χ1v) is 6.32. The van der Waals surface area contributed by atoms with Gasteiger partial charge in [-0.25, -0.2) is 0 Å². The molecule has 1 aliphatic carbocycles. The summed E-state index contributed by atoms with van der Waals surface area (Å²) >= 11 is 0. The summed E-state index contributed by atoms with van der Waals surface area (Å²) in [5.74, 6) is 0.704. The van der Waals surface area contributed by atoms with Gasteiger partial charge < -0.3 is 10.6 Å². The van der Waals surface area contributed by atoms with Gasteiger partial charge in [0.25, 0.3) is 0 Å². The molecule has 2 fully saturated rings. The lowest BCUT2D eigenvalue weighted by atomic mass is 10.0. The highest BCUT2D eigenvalue weighted by molar-refractivity contribution is 5.81. The van der Waals surface area contributed by atoms with Crippen LogP contribution in [0, 0.1) is 5.92 Å². The van der Waals surface area contributed by atoms with Gasteiger partial charge in [0.15, 0.2) is 0 Å². The minimum absolute atomic E-state index is 0.340. The predicted octanol–water partition coefficient (Wildman–Crippen LogP) is 1.04. The minimum atomic E-state index is 0.340. The van der Waals surface area contributed by atoms with E-state index in [0.717, 1.165) is 38.8 Å². The zero-order valence-corrected chi connectivity index (χ0v) is 9.88. The van der Waals surface area contributed by atoms with Gasteiger partial charge in [0.1, 0.15) is 0 Å². The van der Waals surface area contributed by atoms with Crippen LogP contribution in [-0.2, 0) is 4.79 Å². The van der Waals surface area contributed by atoms with Gasteiger partial charge in [-0.15, -0.1) is 0 Å². The van der Waals surface area contributed by atoms with E-state index < -0.39 is 0 Å². The van der Waals surface area contributed by atoms with E-state index in [4.69, 9.17) is 5.73 Å². The monoisotopic (exact) mass is 234 g/mol. The van der Waals surface area contributed by atoms with Crippen LogP contribution in [-0.4, -0.2) is 33.7 Å². The minimum Gasteiger partial charge on any atom is -0.396 e. The van der Waals surface area contributed by atoms with E-state index in [1.807, 2.05) is 15.8 Å². The van der Waals surface area contributed by atoms with Crippen molar-refractivity contribution in [3.63, 3.8) is 0 Å². The van der Waals surface area contributed by atoms with Crippen molar-refractivity contribution in [2.45, 2.75) is 31.7 Å². The SMILES string of the molecule is Nc1cnn(C2CCN(C(=O)C3CC3)CC2)c1. The molecule has 1 saturated heterocycles. The molecule has 5 heteroatoms. The third-order valence-electron chi connectivity index (χ3n) is 3.70. The van der Waals surface area contributed by atoms with Gasteiger partial charge in [-0.1, -0.05) is 0 Å². The van der Waals surface area contributed by atoms with E-state index in [9.17, 15) is 4.79 Å². The predicted molar refractivity (Wildman–Crippen MR) is 64.2 cm³/mol. The highest BCUT2D eigenvalue weighted by Gasteiger charge is 2.35. The molecule has 1 aromatic heterocycles. The number of piperidine rings is 1. The summed E-state index contributed by atoms with van der Waals surface area (Å²) in [5.41, 5.74) is 6.37. The van der Waals surface area contributed by atoms with E-state index in [0.29, 0.717) is 23.6 Å². The number of likely N-dealkylation sites (tertiary alicyclic amines) is 1.